The van der Waals surface area contributed by atoms with E-state index in [0.717, 1.165) is 62.7 Å². The van der Waals surface area contributed by atoms with Gasteiger partial charge >= 0.3 is 0 Å². The monoisotopic (exact) mass is 419 g/mol. The van der Waals surface area contributed by atoms with Crippen LogP contribution in [0.3, 0.4) is 0 Å². The Bertz CT molecular complexity index is 647. The van der Waals surface area contributed by atoms with E-state index in [1.165, 1.54) is 16.7 Å². The molecule has 0 amide bonds. The fourth-order valence-corrected chi connectivity index (χ4v) is 3.77. The van der Waals surface area contributed by atoms with Gasteiger partial charge in [-0.05, 0) is 25.0 Å². The molecule has 1 atom stereocenters. The van der Waals surface area contributed by atoms with Crippen LogP contribution in [0.4, 0.5) is 0 Å². The normalized spacial score (nSPS) is 20.1. The molecule has 0 spiro atoms. The Morgan fingerprint density at radius 1 is 0.923 bits per heavy atom. The molecule has 0 bridgehead atoms. The molecule has 0 radical (unpaired) electrons. The number of ether oxygens (including phenoxy) is 2. The zero-order chi connectivity index (χ0) is 17.5. The van der Waals surface area contributed by atoms with Crippen molar-refractivity contribution in [2.45, 2.75) is 26.8 Å². The van der Waals surface area contributed by atoms with Crippen molar-refractivity contribution in [2.75, 3.05) is 39.5 Å². The van der Waals surface area contributed by atoms with Gasteiger partial charge < -0.3 is 30.9 Å². The molecule has 0 N–H and O–H groups in total. The second kappa shape index (κ2) is 10.1. The highest BCUT2D eigenvalue weighted by molar-refractivity contribution is 5.39. The molecule has 0 aromatic heterocycles. The van der Waals surface area contributed by atoms with Crippen LogP contribution >= 0.6 is 0 Å². The predicted molar refractivity (Wildman–Crippen MR) is 102 cm³/mol. The van der Waals surface area contributed by atoms with Crippen molar-refractivity contribution in [3.63, 3.8) is 0 Å². The van der Waals surface area contributed by atoms with E-state index in [-0.39, 0.29) is 17.0 Å². The fourth-order valence-electron chi connectivity index (χ4n) is 3.77. The number of hydrogen-bond donors (Lipinski definition) is 0. The van der Waals surface area contributed by atoms with Crippen LogP contribution in [0.2, 0.25) is 0 Å². The summed E-state index contributed by atoms with van der Waals surface area (Å²) in [6, 6.07) is 17.2. The minimum absolute atomic E-state index is 0. The lowest BCUT2D eigenvalue weighted by atomic mass is 10.1. The Labute approximate surface area is 168 Å². The first-order valence-corrected chi connectivity index (χ1v) is 9.34. The summed E-state index contributed by atoms with van der Waals surface area (Å²) >= 11 is 0. The molecule has 1 aliphatic rings. The molecule has 1 unspecified atom stereocenters. The van der Waals surface area contributed by atoms with E-state index in [2.05, 4.69) is 62.4 Å². The van der Waals surface area contributed by atoms with Gasteiger partial charge in [0.15, 0.2) is 0 Å². The van der Waals surface area contributed by atoms with E-state index >= 15 is 0 Å². The van der Waals surface area contributed by atoms with Crippen LogP contribution in [0.5, 0.6) is 5.75 Å². The van der Waals surface area contributed by atoms with E-state index in [9.17, 15) is 0 Å². The van der Waals surface area contributed by atoms with E-state index in [4.69, 9.17) is 9.47 Å². The molecule has 1 fully saturated rings. The smallest absolute Gasteiger partial charge is 0.137 e. The molecule has 1 saturated heterocycles. The van der Waals surface area contributed by atoms with Crippen LogP contribution in [-0.4, -0.2) is 43.9 Å². The summed E-state index contributed by atoms with van der Waals surface area (Å²) in [7, 11) is 0. The minimum Gasteiger partial charge on any atom is -1.00 e. The molecule has 2 aromatic carbocycles. The summed E-state index contributed by atoms with van der Waals surface area (Å²) < 4.78 is 13.0. The molecule has 142 valence electrons. The SMILES string of the molecule is Cc1cccc(C)c1OCC[N+]1(Cc2ccccc2)CCCOCC1.[Br-]. The van der Waals surface area contributed by atoms with E-state index in [1.54, 1.807) is 0 Å². The van der Waals surface area contributed by atoms with Crippen molar-refractivity contribution in [1.82, 2.24) is 0 Å². The van der Waals surface area contributed by atoms with E-state index in [0.29, 0.717) is 0 Å². The number of rotatable bonds is 6. The van der Waals surface area contributed by atoms with Gasteiger partial charge in [0.2, 0.25) is 0 Å². The molecule has 4 heteroatoms. The number of halogens is 1. The molecule has 1 aliphatic heterocycles. The summed E-state index contributed by atoms with van der Waals surface area (Å²) in [6.07, 6.45) is 1.12. The standard InChI is InChI=1S/C22H30NO2.BrH/c1-19-8-6-9-20(2)22(19)25-17-14-23(12-7-15-24-16-13-23)18-21-10-4-3-5-11-21;/h3-6,8-11H,7,12-18H2,1-2H3;1H/q+1;/p-1. The largest absolute Gasteiger partial charge is 1.00 e. The van der Waals surface area contributed by atoms with Crippen LogP contribution in [-0.2, 0) is 11.3 Å². The molecule has 2 aromatic rings. The van der Waals surface area contributed by atoms with E-state index in [1.807, 2.05) is 0 Å². The fraction of sp³-hybridized carbons (Fsp3) is 0.455. The number of aryl methyl sites for hydroxylation is 2. The van der Waals surface area contributed by atoms with Crippen molar-refractivity contribution < 1.29 is 30.9 Å². The Morgan fingerprint density at radius 2 is 1.65 bits per heavy atom. The lowest BCUT2D eigenvalue weighted by Crippen LogP contribution is -3.00. The second-order valence-electron chi connectivity index (χ2n) is 7.19. The van der Waals surface area contributed by atoms with E-state index < -0.39 is 0 Å². The lowest BCUT2D eigenvalue weighted by molar-refractivity contribution is -0.939. The first-order valence-electron chi connectivity index (χ1n) is 9.34. The Kier molecular flexibility index (Phi) is 8.14. The second-order valence-corrected chi connectivity index (χ2v) is 7.19. The highest BCUT2D eigenvalue weighted by atomic mass is 79.9. The van der Waals surface area contributed by atoms with Gasteiger partial charge in [0, 0.05) is 12.0 Å². The summed E-state index contributed by atoms with van der Waals surface area (Å²) in [6.45, 7) is 11.0. The summed E-state index contributed by atoms with van der Waals surface area (Å²) in [5.41, 5.74) is 3.83. The average Bonchev–Trinajstić information content (AvgIpc) is 2.84. The van der Waals surface area contributed by atoms with Crippen LogP contribution in [0.1, 0.15) is 23.1 Å². The molecular formula is C22H30BrNO2. The summed E-state index contributed by atoms with van der Waals surface area (Å²) in [4.78, 5) is 0. The molecule has 0 saturated carbocycles. The third-order valence-electron chi connectivity index (χ3n) is 5.21. The van der Waals surface area contributed by atoms with Crippen molar-refractivity contribution in [2.24, 2.45) is 0 Å². The molecule has 0 aliphatic carbocycles. The number of para-hydroxylation sites is 1. The maximum Gasteiger partial charge on any atom is 0.137 e. The quantitative estimate of drug-likeness (QED) is 0.653. The number of benzene rings is 2. The minimum atomic E-state index is 0. The summed E-state index contributed by atoms with van der Waals surface area (Å²) in [5, 5.41) is 0. The van der Waals surface area contributed by atoms with Gasteiger partial charge in [0.05, 0.1) is 19.8 Å². The summed E-state index contributed by atoms with van der Waals surface area (Å²) in [5.74, 6) is 1.05. The van der Waals surface area contributed by atoms with Crippen LogP contribution in [0.25, 0.3) is 0 Å². The van der Waals surface area contributed by atoms with Crippen LogP contribution in [0.15, 0.2) is 48.5 Å². The van der Waals surface area contributed by atoms with Gasteiger partial charge in [-0.3, -0.25) is 0 Å². The molecule has 3 rings (SSSR count). The highest BCUT2D eigenvalue weighted by Crippen LogP contribution is 2.23. The third-order valence-corrected chi connectivity index (χ3v) is 5.21. The van der Waals surface area contributed by atoms with Gasteiger partial charge in [-0.1, -0.05) is 48.5 Å². The zero-order valence-corrected chi connectivity index (χ0v) is 17.5. The highest BCUT2D eigenvalue weighted by Gasteiger charge is 2.29. The number of hydrogen-bond acceptors (Lipinski definition) is 2. The maximum absolute atomic E-state index is 6.22. The van der Waals surface area contributed by atoms with Crippen molar-refractivity contribution in [3.8, 4) is 5.75 Å². The van der Waals surface area contributed by atoms with Gasteiger partial charge in [-0.15, -0.1) is 0 Å². The Hall–Kier alpha value is -1.36. The lowest BCUT2D eigenvalue weighted by Gasteiger charge is -2.37. The van der Waals surface area contributed by atoms with Gasteiger partial charge in [0.1, 0.15) is 32.0 Å². The molecule has 1 heterocycles. The van der Waals surface area contributed by atoms with Crippen LogP contribution < -0.4 is 21.7 Å². The molecule has 3 nitrogen and oxygen atoms in total. The van der Waals surface area contributed by atoms with Crippen LogP contribution in [0, 0.1) is 13.8 Å². The van der Waals surface area contributed by atoms with Gasteiger partial charge in [0.25, 0.3) is 0 Å². The van der Waals surface area contributed by atoms with Crippen molar-refractivity contribution in [3.05, 3.63) is 65.2 Å². The van der Waals surface area contributed by atoms with Crippen molar-refractivity contribution >= 4 is 0 Å². The number of nitrogens with zero attached hydrogens (tertiary/aromatic N) is 1. The van der Waals surface area contributed by atoms with Gasteiger partial charge in [-0.25, -0.2) is 0 Å². The predicted octanol–water partition coefficient (Wildman–Crippen LogP) is 1.12. The Morgan fingerprint density at radius 3 is 2.38 bits per heavy atom. The first-order chi connectivity index (χ1) is 12.2. The zero-order valence-electron chi connectivity index (χ0n) is 15.9. The van der Waals surface area contributed by atoms with Gasteiger partial charge in [-0.2, -0.15) is 0 Å². The topological polar surface area (TPSA) is 18.5 Å². The average molecular weight is 420 g/mol. The number of quaternary nitrogens is 1. The first kappa shape index (κ1) is 20.9. The van der Waals surface area contributed by atoms with Crippen molar-refractivity contribution in [1.29, 1.82) is 0 Å². The Balaban J connectivity index is 0.00000243. The molecule has 26 heavy (non-hydrogen) atoms. The maximum atomic E-state index is 6.22. The molecular weight excluding hydrogens is 390 g/mol. The third kappa shape index (κ3) is 5.57.